The summed E-state index contributed by atoms with van der Waals surface area (Å²) in [6.07, 6.45) is 0. The molecule has 1 aromatic carbocycles. The quantitative estimate of drug-likeness (QED) is 0.828. The first kappa shape index (κ1) is 10.3. The van der Waals surface area contributed by atoms with E-state index in [0.717, 1.165) is 15.9 Å². The molecule has 0 aliphatic heterocycles. The third-order valence-corrected chi connectivity index (χ3v) is 2.19. The number of hydrogen-bond donors (Lipinski definition) is 1. The molecule has 0 spiro atoms. The molecule has 0 amide bonds. The Labute approximate surface area is 86.2 Å². The minimum atomic E-state index is 0.499. The van der Waals surface area contributed by atoms with Crippen molar-refractivity contribution < 1.29 is 9.47 Å². The lowest BCUT2D eigenvalue weighted by atomic mass is 10.3. The van der Waals surface area contributed by atoms with Crippen molar-refractivity contribution in [2.75, 3.05) is 26.3 Å². The molecule has 0 bridgehead atoms. The molecule has 1 aromatic rings. The smallest absolute Gasteiger partial charge is 0.133 e. The molecular weight excluding hydrogens is 234 g/mol. The van der Waals surface area contributed by atoms with Crippen molar-refractivity contribution in [3.63, 3.8) is 0 Å². The van der Waals surface area contributed by atoms with Gasteiger partial charge in [-0.1, -0.05) is 0 Å². The van der Waals surface area contributed by atoms with Crippen molar-refractivity contribution in [2.45, 2.75) is 0 Å². The van der Waals surface area contributed by atoms with Gasteiger partial charge in [-0.25, -0.2) is 0 Å². The van der Waals surface area contributed by atoms with E-state index in [1.54, 1.807) is 14.2 Å². The summed E-state index contributed by atoms with van der Waals surface area (Å²) < 4.78 is 10.9. The molecule has 0 heterocycles. The first-order chi connectivity index (χ1) is 6.27. The van der Waals surface area contributed by atoms with Crippen molar-refractivity contribution in [1.82, 2.24) is 0 Å². The van der Waals surface area contributed by atoms with Crippen LogP contribution in [0.4, 0.5) is 5.69 Å². The van der Waals surface area contributed by atoms with Gasteiger partial charge in [-0.3, -0.25) is 0 Å². The molecule has 3 nitrogen and oxygen atoms in total. The van der Waals surface area contributed by atoms with Crippen LogP contribution in [0.1, 0.15) is 0 Å². The molecule has 0 atom stereocenters. The van der Waals surface area contributed by atoms with Crippen LogP contribution in [-0.4, -0.2) is 21.0 Å². The Hall–Kier alpha value is -0.740. The van der Waals surface area contributed by atoms with Crippen LogP contribution in [0.3, 0.4) is 0 Å². The number of ether oxygens (including phenoxy) is 2. The first-order valence-corrected chi connectivity index (χ1v) is 4.63. The van der Waals surface area contributed by atoms with E-state index in [0.29, 0.717) is 6.73 Å². The predicted octanol–water partition coefficient (Wildman–Crippen LogP) is 2.47. The van der Waals surface area contributed by atoms with Gasteiger partial charge in [0.05, 0.1) is 11.6 Å². The molecule has 1 rings (SSSR count). The maximum absolute atomic E-state index is 5.10. The Bertz CT molecular complexity index is 278. The zero-order chi connectivity index (χ0) is 9.68. The standard InChI is InChI=1S/C9H12BrNO2/c1-12-6-11-7-3-4-9(13-2)8(10)5-7/h3-5,11H,6H2,1-2H3. The second-order valence-electron chi connectivity index (χ2n) is 2.46. The number of methoxy groups -OCH3 is 2. The van der Waals surface area contributed by atoms with E-state index in [-0.39, 0.29) is 0 Å². The molecule has 0 aliphatic rings. The summed E-state index contributed by atoms with van der Waals surface area (Å²) in [5.74, 6) is 0.822. The minimum absolute atomic E-state index is 0.499. The van der Waals surface area contributed by atoms with Crippen molar-refractivity contribution in [2.24, 2.45) is 0 Å². The Balaban J connectivity index is 2.71. The molecule has 0 saturated carbocycles. The Morgan fingerprint density at radius 1 is 1.38 bits per heavy atom. The minimum Gasteiger partial charge on any atom is -0.496 e. The molecule has 4 heteroatoms. The van der Waals surface area contributed by atoms with Gasteiger partial charge < -0.3 is 14.8 Å². The van der Waals surface area contributed by atoms with Gasteiger partial charge >= 0.3 is 0 Å². The molecule has 0 aromatic heterocycles. The molecule has 0 unspecified atom stereocenters. The van der Waals surface area contributed by atoms with Gasteiger partial charge in [-0.15, -0.1) is 0 Å². The SMILES string of the molecule is COCNc1ccc(OC)c(Br)c1. The predicted molar refractivity (Wildman–Crippen MR) is 56.2 cm³/mol. The van der Waals surface area contributed by atoms with Gasteiger partial charge in [0.1, 0.15) is 12.5 Å². The highest BCUT2D eigenvalue weighted by atomic mass is 79.9. The number of benzene rings is 1. The van der Waals surface area contributed by atoms with Gasteiger partial charge in [0.15, 0.2) is 0 Å². The number of anilines is 1. The molecule has 0 aliphatic carbocycles. The molecule has 0 saturated heterocycles. The van der Waals surface area contributed by atoms with Crippen LogP contribution in [-0.2, 0) is 4.74 Å². The summed E-state index contributed by atoms with van der Waals surface area (Å²) in [5.41, 5.74) is 0.995. The number of halogens is 1. The van der Waals surface area contributed by atoms with Crippen molar-refractivity contribution in [3.8, 4) is 5.75 Å². The van der Waals surface area contributed by atoms with Crippen LogP contribution in [0.5, 0.6) is 5.75 Å². The van der Waals surface area contributed by atoms with E-state index in [1.165, 1.54) is 0 Å². The summed E-state index contributed by atoms with van der Waals surface area (Å²) in [5, 5.41) is 3.08. The second-order valence-corrected chi connectivity index (χ2v) is 3.31. The van der Waals surface area contributed by atoms with Crippen LogP contribution < -0.4 is 10.1 Å². The van der Waals surface area contributed by atoms with E-state index in [9.17, 15) is 0 Å². The zero-order valence-electron chi connectivity index (χ0n) is 7.63. The summed E-state index contributed by atoms with van der Waals surface area (Å²) >= 11 is 3.39. The maximum atomic E-state index is 5.10. The van der Waals surface area contributed by atoms with Crippen molar-refractivity contribution in [3.05, 3.63) is 22.7 Å². The van der Waals surface area contributed by atoms with Gasteiger partial charge in [0.25, 0.3) is 0 Å². The van der Waals surface area contributed by atoms with E-state index in [2.05, 4.69) is 21.2 Å². The fourth-order valence-corrected chi connectivity index (χ4v) is 1.47. The zero-order valence-corrected chi connectivity index (χ0v) is 9.22. The average molecular weight is 246 g/mol. The van der Waals surface area contributed by atoms with E-state index in [1.807, 2.05) is 18.2 Å². The summed E-state index contributed by atoms with van der Waals surface area (Å²) in [4.78, 5) is 0. The summed E-state index contributed by atoms with van der Waals surface area (Å²) in [6, 6.07) is 5.77. The summed E-state index contributed by atoms with van der Waals surface area (Å²) in [6.45, 7) is 0.499. The van der Waals surface area contributed by atoms with E-state index in [4.69, 9.17) is 9.47 Å². The normalized spacial score (nSPS) is 9.77. The molecule has 1 N–H and O–H groups in total. The Kier molecular flexibility index (Phi) is 4.05. The lowest BCUT2D eigenvalue weighted by molar-refractivity contribution is 0.221. The van der Waals surface area contributed by atoms with Crippen LogP contribution in [0, 0.1) is 0 Å². The Morgan fingerprint density at radius 3 is 2.69 bits per heavy atom. The largest absolute Gasteiger partial charge is 0.496 e. The van der Waals surface area contributed by atoms with Gasteiger partial charge in [-0.2, -0.15) is 0 Å². The first-order valence-electron chi connectivity index (χ1n) is 3.84. The number of hydrogen-bond acceptors (Lipinski definition) is 3. The summed E-state index contributed by atoms with van der Waals surface area (Å²) in [7, 11) is 3.29. The molecule has 72 valence electrons. The lowest BCUT2D eigenvalue weighted by Gasteiger charge is -2.07. The average Bonchev–Trinajstić information content (AvgIpc) is 2.15. The van der Waals surface area contributed by atoms with E-state index < -0.39 is 0 Å². The van der Waals surface area contributed by atoms with Crippen LogP contribution >= 0.6 is 15.9 Å². The molecule has 13 heavy (non-hydrogen) atoms. The maximum Gasteiger partial charge on any atom is 0.133 e. The second kappa shape index (κ2) is 5.09. The Morgan fingerprint density at radius 2 is 2.15 bits per heavy atom. The lowest BCUT2D eigenvalue weighted by Crippen LogP contribution is -2.02. The van der Waals surface area contributed by atoms with Crippen LogP contribution in [0.25, 0.3) is 0 Å². The van der Waals surface area contributed by atoms with Crippen molar-refractivity contribution in [1.29, 1.82) is 0 Å². The highest BCUT2D eigenvalue weighted by Gasteiger charge is 1.99. The van der Waals surface area contributed by atoms with Gasteiger partial charge in [0.2, 0.25) is 0 Å². The third-order valence-electron chi connectivity index (χ3n) is 1.57. The number of nitrogens with one attached hydrogen (secondary N) is 1. The monoisotopic (exact) mass is 245 g/mol. The topological polar surface area (TPSA) is 30.5 Å². The molecule has 0 radical (unpaired) electrons. The molecular formula is C9H12BrNO2. The number of rotatable bonds is 4. The third kappa shape index (κ3) is 2.90. The fraction of sp³-hybridized carbons (Fsp3) is 0.333. The van der Waals surface area contributed by atoms with Crippen molar-refractivity contribution >= 4 is 21.6 Å². The van der Waals surface area contributed by atoms with Gasteiger partial charge in [0, 0.05) is 12.8 Å². The van der Waals surface area contributed by atoms with Crippen LogP contribution in [0.2, 0.25) is 0 Å². The molecule has 0 fully saturated rings. The van der Waals surface area contributed by atoms with Crippen LogP contribution in [0.15, 0.2) is 22.7 Å². The van der Waals surface area contributed by atoms with E-state index >= 15 is 0 Å². The van der Waals surface area contributed by atoms with Gasteiger partial charge in [-0.05, 0) is 34.1 Å². The fourth-order valence-electron chi connectivity index (χ4n) is 0.932. The highest BCUT2D eigenvalue weighted by molar-refractivity contribution is 9.10. The highest BCUT2D eigenvalue weighted by Crippen LogP contribution is 2.27.